The van der Waals surface area contributed by atoms with Crippen LogP contribution in [-0.4, -0.2) is 68.0 Å². The zero-order chi connectivity index (χ0) is 25.6. The summed E-state index contributed by atoms with van der Waals surface area (Å²) in [5, 5.41) is 14.7. The number of rotatable bonds is 9. The first-order valence-electron chi connectivity index (χ1n) is 11.0. The molecule has 184 valence electrons. The van der Waals surface area contributed by atoms with Gasteiger partial charge in [-0.05, 0) is 37.5 Å². The molecule has 1 rings (SSSR count). The molecule has 0 aliphatic heterocycles. The SMILES string of the molecule is CC(=O)[C@](NC(=O)N(C)C)([C@H](C)O[Si](C)(C)C(C)(C)C)[C@@H](/C=C/c1ccccc1)NC(=O)O. The fourth-order valence-electron chi connectivity index (χ4n) is 3.24. The summed E-state index contributed by atoms with van der Waals surface area (Å²) in [6.07, 6.45) is 1.17. The second-order valence-electron chi connectivity index (χ2n) is 9.97. The fourth-order valence-corrected chi connectivity index (χ4v) is 4.67. The van der Waals surface area contributed by atoms with E-state index in [9.17, 15) is 19.5 Å². The van der Waals surface area contributed by atoms with E-state index in [1.165, 1.54) is 11.8 Å². The van der Waals surface area contributed by atoms with Crippen molar-refractivity contribution in [2.75, 3.05) is 14.1 Å². The highest BCUT2D eigenvalue weighted by atomic mass is 28.4. The molecule has 33 heavy (non-hydrogen) atoms. The zero-order valence-corrected chi connectivity index (χ0v) is 22.2. The maximum absolute atomic E-state index is 13.3. The average molecular weight is 478 g/mol. The van der Waals surface area contributed by atoms with E-state index in [0.717, 1.165) is 5.56 Å². The second-order valence-corrected chi connectivity index (χ2v) is 14.7. The summed E-state index contributed by atoms with van der Waals surface area (Å²) < 4.78 is 6.54. The Bertz CT molecular complexity index is 865. The van der Waals surface area contributed by atoms with Gasteiger partial charge in [0, 0.05) is 14.1 Å². The van der Waals surface area contributed by atoms with Gasteiger partial charge in [0.15, 0.2) is 14.1 Å². The molecule has 8 nitrogen and oxygen atoms in total. The van der Waals surface area contributed by atoms with Gasteiger partial charge in [-0.2, -0.15) is 0 Å². The number of nitrogens with zero attached hydrogens (tertiary/aromatic N) is 1. The van der Waals surface area contributed by atoms with Crippen molar-refractivity contribution in [2.45, 2.75) is 70.4 Å². The summed E-state index contributed by atoms with van der Waals surface area (Å²) >= 11 is 0. The number of carbonyl (C=O) groups is 3. The Morgan fingerprint density at radius 2 is 1.67 bits per heavy atom. The molecule has 3 amide bonds. The molecule has 0 spiro atoms. The van der Waals surface area contributed by atoms with Crippen LogP contribution in [0.25, 0.3) is 6.08 Å². The molecule has 9 heteroatoms. The third kappa shape index (κ3) is 7.16. The highest BCUT2D eigenvalue weighted by molar-refractivity contribution is 6.74. The van der Waals surface area contributed by atoms with Gasteiger partial charge in [0.05, 0.1) is 12.1 Å². The van der Waals surface area contributed by atoms with Crippen molar-refractivity contribution >= 4 is 32.3 Å². The summed E-state index contributed by atoms with van der Waals surface area (Å²) in [5.74, 6) is -0.416. The van der Waals surface area contributed by atoms with Crippen LogP contribution in [0.4, 0.5) is 9.59 Å². The van der Waals surface area contributed by atoms with E-state index in [2.05, 4.69) is 31.4 Å². The number of amides is 3. The van der Waals surface area contributed by atoms with Crippen molar-refractivity contribution in [3.8, 4) is 0 Å². The van der Waals surface area contributed by atoms with E-state index in [-0.39, 0.29) is 5.04 Å². The molecule has 0 saturated carbocycles. The van der Waals surface area contributed by atoms with Gasteiger partial charge in [0.2, 0.25) is 0 Å². The normalized spacial score (nSPS) is 15.9. The number of hydrogen-bond acceptors (Lipinski definition) is 4. The van der Waals surface area contributed by atoms with Gasteiger partial charge >= 0.3 is 12.1 Å². The number of ketones is 1. The molecule has 1 aromatic carbocycles. The van der Waals surface area contributed by atoms with Crippen molar-refractivity contribution in [2.24, 2.45) is 0 Å². The number of Topliss-reactive ketones (excluding diaryl/α,β-unsaturated/α-hetero) is 1. The second kappa shape index (κ2) is 11.0. The van der Waals surface area contributed by atoms with Crippen LogP contribution in [0.5, 0.6) is 0 Å². The molecule has 0 aliphatic carbocycles. The maximum Gasteiger partial charge on any atom is 0.405 e. The third-order valence-electron chi connectivity index (χ3n) is 6.27. The minimum Gasteiger partial charge on any atom is -0.465 e. The molecule has 3 N–H and O–H groups in total. The van der Waals surface area contributed by atoms with Crippen LogP contribution in [0.15, 0.2) is 36.4 Å². The van der Waals surface area contributed by atoms with Gasteiger partial charge in [-0.3, -0.25) is 4.79 Å². The predicted molar refractivity (Wildman–Crippen MR) is 134 cm³/mol. The molecule has 0 fully saturated rings. The summed E-state index contributed by atoms with van der Waals surface area (Å²) in [7, 11) is 0.718. The third-order valence-corrected chi connectivity index (χ3v) is 10.8. The van der Waals surface area contributed by atoms with E-state index < -0.39 is 43.9 Å². The lowest BCUT2D eigenvalue weighted by molar-refractivity contribution is -0.127. The summed E-state index contributed by atoms with van der Waals surface area (Å²) in [4.78, 5) is 39.2. The lowest BCUT2D eigenvalue weighted by Gasteiger charge is -2.47. The fraction of sp³-hybridized carbons (Fsp3) is 0.542. The zero-order valence-electron chi connectivity index (χ0n) is 21.2. The molecular formula is C24H39N3O5Si. The van der Waals surface area contributed by atoms with Crippen molar-refractivity contribution in [1.29, 1.82) is 0 Å². The Morgan fingerprint density at radius 3 is 2.09 bits per heavy atom. The Labute approximate surface area is 198 Å². The monoisotopic (exact) mass is 477 g/mol. The minimum absolute atomic E-state index is 0.162. The van der Waals surface area contributed by atoms with Crippen LogP contribution >= 0.6 is 0 Å². The molecule has 0 heterocycles. The molecule has 0 aromatic heterocycles. The van der Waals surface area contributed by atoms with E-state index in [1.807, 2.05) is 43.4 Å². The van der Waals surface area contributed by atoms with Crippen LogP contribution in [0, 0.1) is 0 Å². The van der Waals surface area contributed by atoms with E-state index in [4.69, 9.17) is 4.43 Å². The van der Waals surface area contributed by atoms with Gasteiger partial charge in [-0.1, -0.05) is 63.3 Å². The Balaban J connectivity index is 3.67. The number of carbonyl (C=O) groups excluding carboxylic acids is 2. The first kappa shape index (κ1) is 28.4. The lowest BCUT2D eigenvalue weighted by Crippen LogP contribution is -2.73. The Hall–Kier alpha value is -2.65. The molecular weight excluding hydrogens is 438 g/mol. The van der Waals surface area contributed by atoms with Crippen LogP contribution in [0.3, 0.4) is 0 Å². The number of benzene rings is 1. The van der Waals surface area contributed by atoms with Crippen molar-refractivity contribution in [3.05, 3.63) is 42.0 Å². The first-order chi connectivity index (χ1) is 15.0. The molecule has 0 unspecified atom stereocenters. The summed E-state index contributed by atoms with van der Waals surface area (Å²) in [6.45, 7) is 13.4. The van der Waals surface area contributed by atoms with Gasteiger partial charge in [-0.15, -0.1) is 0 Å². The topological polar surface area (TPSA) is 108 Å². The molecule has 0 radical (unpaired) electrons. The summed E-state index contributed by atoms with van der Waals surface area (Å²) in [6, 6.07) is 7.69. The average Bonchev–Trinajstić information content (AvgIpc) is 2.68. The largest absolute Gasteiger partial charge is 0.465 e. The van der Waals surface area contributed by atoms with Crippen molar-refractivity contribution < 1.29 is 23.9 Å². The quantitative estimate of drug-likeness (QED) is 0.458. The Kier molecular flexibility index (Phi) is 9.44. The molecule has 1 aromatic rings. The van der Waals surface area contributed by atoms with E-state index >= 15 is 0 Å². The molecule has 0 bridgehead atoms. The molecule has 0 aliphatic rings. The highest BCUT2D eigenvalue weighted by Crippen LogP contribution is 2.39. The van der Waals surface area contributed by atoms with Crippen LogP contribution < -0.4 is 10.6 Å². The number of nitrogens with one attached hydrogen (secondary N) is 2. The van der Waals surface area contributed by atoms with Crippen LogP contribution in [-0.2, 0) is 9.22 Å². The number of hydrogen-bond donors (Lipinski definition) is 3. The minimum atomic E-state index is -2.39. The van der Waals surface area contributed by atoms with Gasteiger partial charge in [0.25, 0.3) is 0 Å². The van der Waals surface area contributed by atoms with E-state index in [0.29, 0.717) is 0 Å². The maximum atomic E-state index is 13.3. The Morgan fingerprint density at radius 1 is 1.12 bits per heavy atom. The van der Waals surface area contributed by atoms with Gasteiger partial charge < -0.3 is 25.1 Å². The lowest BCUT2D eigenvalue weighted by atomic mass is 9.80. The number of carboxylic acid groups (broad SMARTS) is 1. The van der Waals surface area contributed by atoms with Crippen LogP contribution in [0.1, 0.15) is 40.2 Å². The molecule has 0 saturated heterocycles. The summed E-state index contributed by atoms with van der Waals surface area (Å²) in [5.41, 5.74) is -0.857. The predicted octanol–water partition coefficient (Wildman–Crippen LogP) is 4.35. The first-order valence-corrected chi connectivity index (χ1v) is 13.9. The van der Waals surface area contributed by atoms with Gasteiger partial charge in [0.1, 0.15) is 5.54 Å². The van der Waals surface area contributed by atoms with Crippen LogP contribution in [0.2, 0.25) is 18.1 Å². The van der Waals surface area contributed by atoms with Crippen molar-refractivity contribution in [1.82, 2.24) is 15.5 Å². The van der Waals surface area contributed by atoms with E-state index in [1.54, 1.807) is 33.2 Å². The molecule has 3 atom stereocenters. The van der Waals surface area contributed by atoms with Gasteiger partial charge in [-0.25, -0.2) is 9.59 Å². The highest BCUT2D eigenvalue weighted by Gasteiger charge is 2.52. The number of urea groups is 1. The smallest absolute Gasteiger partial charge is 0.405 e. The van der Waals surface area contributed by atoms with Crippen molar-refractivity contribution in [3.63, 3.8) is 0 Å². The standard InChI is InChI=1S/C24H39N3O5Si/c1-17(28)24(26-21(29)27(6)7,18(2)32-33(8,9)23(3,4)5)20(25-22(30)31)16-15-19-13-11-10-12-14-19/h10-16,18,20,25H,1-9H3,(H,26,29)(H,30,31)/b16-15+/t18-,20+,24-/m0/s1.